The minimum Gasteiger partial charge on any atom is -0.487 e. The average Bonchev–Trinajstić information content (AvgIpc) is 3.53. The van der Waals surface area contributed by atoms with Gasteiger partial charge >= 0.3 is 5.97 Å². The molecule has 216 valence electrons. The lowest BCUT2D eigenvalue weighted by molar-refractivity contribution is -0.154. The Morgan fingerprint density at radius 3 is 2.60 bits per heavy atom. The van der Waals surface area contributed by atoms with E-state index in [1.54, 1.807) is 4.68 Å². The molecular formula is C29H38BrN5O5. The molecule has 2 aromatic rings. The first-order valence-electron chi connectivity index (χ1n) is 14.3. The molecule has 1 saturated carbocycles. The number of aromatic nitrogens is 3. The van der Waals surface area contributed by atoms with Gasteiger partial charge in [-0.25, -0.2) is 4.68 Å². The largest absolute Gasteiger partial charge is 0.487 e. The van der Waals surface area contributed by atoms with Crippen LogP contribution in [-0.2, 0) is 27.4 Å². The minimum absolute atomic E-state index is 0.0795. The van der Waals surface area contributed by atoms with E-state index in [0.29, 0.717) is 56.8 Å². The van der Waals surface area contributed by atoms with Gasteiger partial charge in [0.1, 0.15) is 18.1 Å². The van der Waals surface area contributed by atoms with Crippen molar-refractivity contribution in [2.24, 2.45) is 17.8 Å². The van der Waals surface area contributed by atoms with Crippen LogP contribution in [0.3, 0.4) is 0 Å². The Balaban J connectivity index is 1.50. The van der Waals surface area contributed by atoms with E-state index in [0.717, 1.165) is 28.4 Å². The molecule has 2 aliphatic heterocycles. The molecule has 4 atom stereocenters. The number of benzene rings is 1. The molecule has 3 heterocycles. The maximum atomic E-state index is 14.1. The van der Waals surface area contributed by atoms with Crippen molar-refractivity contribution in [3.63, 3.8) is 0 Å². The molecule has 11 heteroatoms. The van der Waals surface area contributed by atoms with Crippen LogP contribution in [0.2, 0.25) is 0 Å². The number of likely N-dealkylation sites (tertiary alicyclic amines) is 1. The Bertz CT molecular complexity index is 1280. The lowest BCUT2D eigenvalue weighted by Crippen LogP contribution is -2.50. The van der Waals surface area contributed by atoms with Crippen LogP contribution in [-0.4, -0.2) is 67.3 Å². The van der Waals surface area contributed by atoms with Gasteiger partial charge in [-0.3, -0.25) is 14.4 Å². The summed E-state index contributed by atoms with van der Waals surface area (Å²) in [7, 11) is 0. The molecule has 1 aromatic carbocycles. The van der Waals surface area contributed by atoms with E-state index in [1.165, 1.54) is 0 Å². The summed E-state index contributed by atoms with van der Waals surface area (Å²) in [5.74, 6) is -1.32. The number of hydrogen-bond donors (Lipinski definition) is 1. The summed E-state index contributed by atoms with van der Waals surface area (Å²) in [4.78, 5) is 42.8. The van der Waals surface area contributed by atoms with Crippen LogP contribution in [0, 0.1) is 17.8 Å². The Morgan fingerprint density at radius 1 is 1.20 bits per heavy atom. The number of amides is 2. The fraction of sp³-hybridized carbons (Fsp3) is 0.621. The summed E-state index contributed by atoms with van der Waals surface area (Å²) in [6.45, 7) is 7.78. The zero-order valence-corrected chi connectivity index (χ0v) is 25.0. The normalized spacial score (nSPS) is 24.9. The van der Waals surface area contributed by atoms with E-state index < -0.39 is 23.8 Å². The van der Waals surface area contributed by atoms with Crippen LogP contribution < -0.4 is 4.74 Å². The highest BCUT2D eigenvalue weighted by Gasteiger charge is 2.43. The molecule has 0 unspecified atom stereocenters. The second kappa shape index (κ2) is 11.9. The number of hydrogen-bond acceptors (Lipinski definition) is 6. The number of carboxylic acid groups (broad SMARTS) is 1. The van der Waals surface area contributed by atoms with Gasteiger partial charge in [0.25, 0.3) is 0 Å². The van der Waals surface area contributed by atoms with Crippen LogP contribution in [0.15, 0.2) is 22.8 Å². The third kappa shape index (κ3) is 5.75. The van der Waals surface area contributed by atoms with E-state index in [2.05, 4.69) is 33.2 Å². The number of ether oxygens (including phenoxy) is 1. The molecule has 0 spiro atoms. The number of aliphatic carboxylic acids is 1. The predicted octanol–water partition coefficient (Wildman–Crippen LogP) is 4.39. The van der Waals surface area contributed by atoms with E-state index in [9.17, 15) is 19.5 Å². The number of carbonyl (C=O) groups excluding carboxylic acids is 2. The van der Waals surface area contributed by atoms with E-state index in [4.69, 9.17) is 4.74 Å². The van der Waals surface area contributed by atoms with Crippen LogP contribution in [0.25, 0.3) is 0 Å². The third-order valence-corrected chi connectivity index (χ3v) is 9.26. The van der Waals surface area contributed by atoms with Crippen molar-refractivity contribution < 1.29 is 24.2 Å². The van der Waals surface area contributed by atoms with E-state index >= 15 is 0 Å². The fourth-order valence-electron chi connectivity index (χ4n) is 6.43. The summed E-state index contributed by atoms with van der Waals surface area (Å²) >= 11 is 3.71. The topological polar surface area (TPSA) is 118 Å². The summed E-state index contributed by atoms with van der Waals surface area (Å²) < 4.78 is 9.05. The lowest BCUT2D eigenvalue weighted by Gasteiger charge is -2.43. The Kier molecular flexibility index (Phi) is 8.49. The quantitative estimate of drug-likeness (QED) is 0.468. The summed E-state index contributed by atoms with van der Waals surface area (Å²) in [6, 6.07) is 3.59. The number of fused-ring (bicyclic) bond motifs is 1. The smallest absolute Gasteiger partial charge is 0.307 e. The highest BCUT2D eigenvalue weighted by Crippen LogP contribution is 2.43. The van der Waals surface area contributed by atoms with Crippen LogP contribution in [0.1, 0.15) is 81.8 Å². The molecule has 0 bridgehead atoms. The molecule has 10 nitrogen and oxygen atoms in total. The molecule has 3 aliphatic rings. The molecule has 2 fully saturated rings. The second-order valence-electron chi connectivity index (χ2n) is 11.8. The van der Waals surface area contributed by atoms with Crippen molar-refractivity contribution in [2.75, 3.05) is 19.6 Å². The first-order valence-corrected chi connectivity index (χ1v) is 15.1. The van der Waals surface area contributed by atoms with Crippen LogP contribution in [0.4, 0.5) is 0 Å². The van der Waals surface area contributed by atoms with Crippen molar-refractivity contribution in [3.05, 3.63) is 39.6 Å². The average molecular weight is 617 g/mol. The number of nitrogens with zero attached hydrogens (tertiary/aromatic N) is 5. The van der Waals surface area contributed by atoms with Crippen molar-refractivity contribution in [1.29, 1.82) is 0 Å². The monoisotopic (exact) mass is 615 g/mol. The zero-order chi connectivity index (χ0) is 28.6. The first-order chi connectivity index (χ1) is 19.1. The molecule has 1 saturated heterocycles. The van der Waals surface area contributed by atoms with Crippen molar-refractivity contribution in [1.82, 2.24) is 24.8 Å². The highest BCUT2D eigenvalue weighted by atomic mass is 79.9. The summed E-state index contributed by atoms with van der Waals surface area (Å²) in [6.07, 6.45) is 5.70. The molecule has 40 heavy (non-hydrogen) atoms. The molecule has 5 rings (SSSR count). The summed E-state index contributed by atoms with van der Waals surface area (Å²) in [5.41, 5.74) is 2.62. The van der Waals surface area contributed by atoms with Crippen molar-refractivity contribution >= 4 is 33.7 Å². The lowest BCUT2D eigenvalue weighted by atomic mass is 9.77. The van der Waals surface area contributed by atoms with Gasteiger partial charge in [0, 0.05) is 42.1 Å². The van der Waals surface area contributed by atoms with Gasteiger partial charge < -0.3 is 19.6 Å². The molecule has 1 aliphatic carbocycles. The van der Waals surface area contributed by atoms with Crippen LogP contribution in [0.5, 0.6) is 5.75 Å². The van der Waals surface area contributed by atoms with Gasteiger partial charge in [0.05, 0.1) is 24.1 Å². The highest BCUT2D eigenvalue weighted by molar-refractivity contribution is 9.10. The second-order valence-corrected chi connectivity index (χ2v) is 12.6. The first kappa shape index (κ1) is 28.6. The standard InChI is InChI=1S/C29H38BrN5O5/c1-17(2)35-14-19(31-32-35)16-40-25-9-8-23(30)22-10-11-34(28(37)20-6-4-5-7-21(20)29(38)39)24(27(22)25)15-33-13-18(3)12-26(33)36/h8-9,14,17-18,20-21,24H,4-7,10-13,15-16H2,1-3H3,(H,38,39)/t18-,20-,21+,24-/m1/s1. The van der Waals surface area contributed by atoms with Gasteiger partial charge in [-0.05, 0) is 56.7 Å². The van der Waals surface area contributed by atoms with Gasteiger partial charge in [-0.2, -0.15) is 0 Å². The molecule has 2 amide bonds. The molecule has 1 N–H and O–H groups in total. The molecule has 1 aromatic heterocycles. The van der Waals surface area contributed by atoms with Gasteiger partial charge in [-0.15, -0.1) is 5.10 Å². The maximum Gasteiger partial charge on any atom is 0.307 e. The minimum atomic E-state index is -0.906. The van der Waals surface area contributed by atoms with Gasteiger partial charge in [0.15, 0.2) is 0 Å². The van der Waals surface area contributed by atoms with Gasteiger partial charge in [-0.1, -0.05) is 40.9 Å². The van der Waals surface area contributed by atoms with Gasteiger partial charge in [0.2, 0.25) is 11.8 Å². The van der Waals surface area contributed by atoms with E-state index in [-0.39, 0.29) is 30.4 Å². The summed E-state index contributed by atoms with van der Waals surface area (Å²) in [5, 5.41) is 18.3. The number of carboxylic acids is 1. The Hall–Kier alpha value is -2.95. The van der Waals surface area contributed by atoms with Crippen LogP contribution >= 0.6 is 15.9 Å². The van der Waals surface area contributed by atoms with E-state index in [1.807, 2.05) is 42.0 Å². The SMILES string of the molecule is CC(C)n1cc(COc2ccc(Br)c3c2[C@@H](CN2C[C@H](C)CC2=O)N(C(=O)[C@@H]2CCCC[C@@H]2C(=O)O)CC3)nn1. The Labute approximate surface area is 243 Å². The van der Waals surface area contributed by atoms with Crippen molar-refractivity contribution in [2.45, 2.75) is 78.0 Å². The number of rotatable bonds is 8. The zero-order valence-electron chi connectivity index (χ0n) is 23.4. The maximum absolute atomic E-state index is 14.1. The fourth-order valence-corrected chi connectivity index (χ4v) is 6.98. The Morgan fingerprint density at radius 2 is 1.95 bits per heavy atom. The number of carbonyl (C=O) groups is 3. The molecule has 0 radical (unpaired) electrons. The third-order valence-electron chi connectivity index (χ3n) is 8.52. The predicted molar refractivity (Wildman–Crippen MR) is 150 cm³/mol. The van der Waals surface area contributed by atoms with Crippen molar-refractivity contribution in [3.8, 4) is 5.75 Å². The number of halogens is 1. The molecular weight excluding hydrogens is 578 g/mol.